The van der Waals surface area contributed by atoms with Crippen molar-refractivity contribution in [2.45, 2.75) is 134 Å². The summed E-state index contributed by atoms with van der Waals surface area (Å²) in [6.07, 6.45) is 9.03. The largest absolute Gasteiger partial charge is 0.378 e. The Bertz CT molecular complexity index is 1220. The van der Waals surface area contributed by atoms with Crippen molar-refractivity contribution in [1.29, 1.82) is 0 Å². The fraction of sp³-hybridized carbons (Fsp3) is 0.600. The minimum atomic E-state index is -0.475. The first-order valence-electron chi connectivity index (χ1n) is 19.0. The van der Waals surface area contributed by atoms with Crippen molar-refractivity contribution in [2.24, 2.45) is 23.7 Å². The Labute approximate surface area is 311 Å². The van der Waals surface area contributed by atoms with Crippen molar-refractivity contribution in [1.82, 2.24) is 0 Å². The van der Waals surface area contributed by atoms with Gasteiger partial charge in [0, 0.05) is 19.5 Å². The molecule has 0 bridgehead atoms. The van der Waals surface area contributed by atoms with Gasteiger partial charge in [-0.15, -0.1) is 0 Å². The van der Waals surface area contributed by atoms with Crippen LogP contribution in [0.4, 0.5) is 13.2 Å². The van der Waals surface area contributed by atoms with Crippen LogP contribution in [0, 0.1) is 82.7 Å². The lowest BCUT2D eigenvalue weighted by atomic mass is 9.84. The van der Waals surface area contributed by atoms with Crippen LogP contribution in [0.5, 0.6) is 0 Å². The molecule has 2 saturated heterocycles. The molecule has 2 atom stereocenters. The van der Waals surface area contributed by atoms with Gasteiger partial charge in [0.25, 0.3) is 0 Å². The summed E-state index contributed by atoms with van der Waals surface area (Å²) in [4.78, 5) is 0. The van der Waals surface area contributed by atoms with E-state index in [4.69, 9.17) is 14.2 Å². The zero-order valence-electron chi connectivity index (χ0n) is 33.9. The van der Waals surface area contributed by atoms with Crippen LogP contribution >= 0.6 is 0 Å². The van der Waals surface area contributed by atoms with Gasteiger partial charge >= 0.3 is 0 Å². The van der Waals surface area contributed by atoms with Crippen molar-refractivity contribution < 1.29 is 28.8 Å². The SMILES string of the molecule is CC1CCC(C)CC1.CC1CCC(C)OC1.CC1COC(C)OC1.Cc1cc(F)c(C)c(F)c1.Cc1ccc(C)c(F)c1.Cc1ccc(C)cc1.[HH]. The molecule has 2 unspecified atom stereocenters. The van der Waals surface area contributed by atoms with E-state index in [0.29, 0.717) is 23.1 Å². The van der Waals surface area contributed by atoms with E-state index < -0.39 is 11.6 Å². The van der Waals surface area contributed by atoms with Crippen LogP contribution < -0.4 is 0 Å². The summed E-state index contributed by atoms with van der Waals surface area (Å²) in [5.74, 6) is 2.35. The maximum Gasteiger partial charge on any atom is 0.154 e. The maximum absolute atomic E-state index is 12.6. The second-order valence-corrected chi connectivity index (χ2v) is 15.3. The molecule has 3 aromatic carbocycles. The van der Waals surface area contributed by atoms with Gasteiger partial charge in [-0.1, -0.05) is 101 Å². The molecule has 290 valence electrons. The molecule has 6 heteroatoms. The molecule has 1 aliphatic carbocycles. The minimum absolute atomic E-state index is 0. The van der Waals surface area contributed by atoms with E-state index in [1.165, 1.54) is 74.8 Å². The summed E-state index contributed by atoms with van der Waals surface area (Å²) >= 11 is 0. The molecular weight excluding hydrogens is 645 g/mol. The summed E-state index contributed by atoms with van der Waals surface area (Å²) < 4.78 is 53.5. The maximum atomic E-state index is 12.6. The van der Waals surface area contributed by atoms with E-state index in [9.17, 15) is 13.2 Å². The normalized spacial score (nSPS) is 23.8. The van der Waals surface area contributed by atoms with Crippen LogP contribution in [-0.4, -0.2) is 32.2 Å². The summed E-state index contributed by atoms with van der Waals surface area (Å²) in [7, 11) is 0. The molecule has 51 heavy (non-hydrogen) atoms. The molecule has 0 N–H and O–H groups in total. The van der Waals surface area contributed by atoms with E-state index in [1.807, 2.05) is 19.9 Å². The second kappa shape index (κ2) is 25.3. The zero-order chi connectivity index (χ0) is 38.5. The molecule has 3 aromatic rings. The highest BCUT2D eigenvalue weighted by molar-refractivity contribution is 5.24. The fourth-order valence-electron chi connectivity index (χ4n) is 5.24. The van der Waals surface area contributed by atoms with Gasteiger partial charge in [0.2, 0.25) is 0 Å². The van der Waals surface area contributed by atoms with Crippen molar-refractivity contribution in [3.8, 4) is 0 Å². The van der Waals surface area contributed by atoms with E-state index >= 15 is 0 Å². The van der Waals surface area contributed by atoms with Crippen molar-refractivity contribution in [2.75, 3.05) is 19.8 Å². The summed E-state index contributed by atoms with van der Waals surface area (Å²) in [6.45, 7) is 26.7. The van der Waals surface area contributed by atoms with Crippen molar-refractivity contribution in [3.63, 3.8) is 0 Å². The molecule has 3 fully saturated rings. The Morgan fingerprint density at radius 1 is 0.451 bits per heavy atom. The number of rotatable bonds is 0. The number of halogens is 3. The molecule has 0 aromatic heterocycles. The van der Waals surface area contributed by atoms with Gasteiger partial charge < -0.3 is 14.2 Å². The van der Waals surface area contributed by atoms with E-state index in [1.54, 1.807) is 19.9 Å². The Morgan fingerprint density at radius 2 is 0.843 bits per heavy atom. The third kappa shape index (κ3) is 22.1. The third-order valence-electron chi connectivity index (χ3n) is 9.24. The molecule has 6 rings (SSSR count). The standard InChI is InChI=1S/C8H8F2.C8H9F.C8H16.C8H10.C7H14O.C6H12O2.H2/c1-5-3-7(9)6(2)8(10)4-5;1-6-3-4-7(2)8(9)5-6;2*1-7-3-5-8(2)6-4-7;1-6-3-4-7(2)8-5-6;1-5-3-7-6(2)8-4-5;/h3-4H,1-2H3;3-5H,1-2H3;7-8H,3-6H2,1-2H3;3-6H,1-2H3;6-7H,3-5H2,1-2H3;5-6H,3-4H2,1-2H3;1H. The molecule has 3 aliphatic rings. The average Bonchev–Trinajstić information content (AvgIpc) is 3.09. The molecule has 2 aliphatic heterocycles. The third-order valence-corrected chi connectivity index (χ3v) is 9.24. The highest BCUT2D eigenvalue weighted by Crippen LogP contribution is 2.27. The predicted molar refractivity (Wildman–Crippen MR) is 211 cm³/mol. The first-order chi connectivity index (χ1) is 24.0. The fourth-order valence-corrected chi connectivity index (χ4v) is 5.24. The van der Waals surface area contributed by atoms with Crippen LogP contribution in [-0.2, 0) is 14.2 Å². The number of aryl methyl sites for hydroxylation is 5. The number of benzene rings is 3. The van der Waals surface area contributed by atoms with Crippen molar-refractivity contribution >= 4 is 0 Å². The molecule has 0 spiro atoms. The smallest absolute Gasteiger partial charge is 0.154 e. The van der Waals surface area contributed by atoms with Gasteiger partial charge in [0.1, 0.15) is 17.5 Å². The van der Waals surface area contributed by atoms with Gasteiger partial charge in [0.15, 0.2) is 6.29 Å². The molecular formula is C45H71F3O3. The summed E-state index contributed by atoms with van der Waals surface area (Å²) in [5, 5.41) is 0. The Balaban J connectivity index is 0.000000599. The van der Waals surface area contributed by atoms with Gasteiger partial charge in [-0.25, -0.2) is 13.2 Å². The number of hydrogen-bond acceptors (Lipinski definition) is 3. The van der Waals surface area contributed by atoms with Crippen LogP contribution in [0.2, 0.25) is 0 Å². The summed E-state index contributed by atoms with van der Waals surface area (Å²) in [6, 6.07) is 16.3. The highest BCUT2D eigenvalue weighted by atomic mass is 19.1. The number of ether oxygens (including phenoxy) is 3. The lowest BCUT2D eigenvalue weighted by Gasteiger charge is -2.24. The van der Waals surface area contributed by atoms with Crippen LogP contribution in [0.25, 0.3) is 0 Å². The molecule has 2 heterocycles. The van der Waals surface area contributed by atoms with Gasteiger partial charge in [-0.3, -0.25) is 0 Å². The van der Waals surface area contributed by atoms with Crippen molar-refractivity contribution in [3.05, 3.63) is 105 Å². The number of hydrogen-bond donors (Lipinski definition) is 0. The van der Waals surface area contributed by atoms with E-state index in [0.717, 1.165) is 43.1 Å². The second-order valence-electron chi connectivity index (χ2n) is 15.3. The molecule has 0 amide bonds. The Morgan fingerprint density at radius 3 is 1.20 bits per heavy atom. The average molecular weight is 717 g/mol. The molecule has 0 radical (unpaired) electrons. The topological polar surface area (TPSA) is 27.7 Å². The summed E-state index contributed by atoms with van der Waals surface area (Å²) in [5.41, 5.74) is 5.04. The van der Waals surface area contributed by atoms with Gasteiger partial charge in [-0.2, -0.15) is 0 Å². The predicted octanol–water partition coefficient (Wildman–Crippen LogP) is 13.2. The minimum Gasteiger partial charge on any atom is -0.378 e. The monoisotopic (exact) mass is 717 g/mol. The van der Waals surface area contributed by atoms with E-state index in [-0.39, 0.29) is 19.1 Å². The Hall–Kier alpha value is -2.67. The lowest BCUT2D eigenvalue weighted by molar-refractivity contribution is -0.187. The first-order valence-corrected chi connectivity index (χ1v) is 19.0. The van der Waals surface area contributed by atoms with Crippen LogP contribution in [0.3, 0.4) is 0 Å². The van der Waals surface area contributed by atoms with Gasteiger partial charge in [0.05, 0.1) is 19.3 Å². The lowest BCUT2D eigenvalue weighted by Crippen LogP contribution is -2.27. The van der Waals surface area contributed by atoms with Crippen LogP contribution in [0.1, 0.15) is 115 Å². The highest BCUT2D eigenvalue weighted by Gasteiger charge is 2.15. The first kappa shape index (κ1) is 46.4. The van der Waals surface area contributed by atoms with E-state index in [2.05, 4.69) is 72.7 Å². The quantitative estimate of drug-likeness (QED) is 0.232. The zero-order valence-corrected chi connectivity index (χ0v) is 33.9. The Kier molecular flexibility index (Phi) is 23.0. The van der Waals surface area contributed by atoms with Gasteiger partial charge in [-0.05, 0) is 121 Å². The molecule has 1 saturated carbocycles. The van der Waals surface area contributed by atoms with Crippen LogP contribution in [0.15, 0.2) is 54.6 Å². The molecule has 3 nitrogen and oxygen atoms in total.